The van der Waals surface area contributed by atoms with Gasteiger partial charge in [-0.2, -0.15) is 0 Å². The van der Waals surface area contributed by atoms with E-state index in [2.05, 4.69) is 14.9 Å². The number of hydrogen-bond donors (Lipinski definition) is 1. The van der Waals surface area contributed by atoms with Crippen LogP contribution >= 0.6 is 11.5 Å². The summed E-state index contributed by atoms with van der Waals surface area (Å²) in [6, 6.07) is 10.2. The lowest BCUT2D eigenvalue weighted by Crippen LogP contribution is -2.49. The number of anilines is 1. The zero-order valence-corrected chi connectivity index (χ0v) is 19.0. The van der Waals surface area contributed by atoms with Gasteiger partial charge in [0.2, 0.25) is 5.91 Å². The average Bonchev–Trinajstić information content (AvgIpc) is 3.22. The van der Waals surface area contributed by atoms with E-state index in [9.17, 15) is 14.0 Å². The Morgan fingerprint density at radius 1 is 1.10 bits per heavy atom. The smallest absolute Gasteiger partial charge is 0.280 e. The van der Waals surface area contributed by atoms with Crippen LogP contribution in [0.5, 0.6) is 0 Å². The largest absolute Gasteiger partial charge is 0.349 e. The van der Waals surface area contributed by atoms with Crippen LogP contribution in [0.2, 0.25) is 0 Å². The Balaban J connectivity index is 2.23. The van der Waals surface area contributed by atoms with Crippen LogP contribution < -0.4 is 10.2 Å². The van der Waals surface area contributed by atoms with Crippen LogP contribution in [0, 0.1) is 19.7 Å². The molecule has 0 aliphatic heterocycles. The van der Waals surface area contributed by atoms with Crippen molar-refractivity contribution in [3.63, 3.8) is 0 Å². The van der Waals surface area contributed by atoms with Gasteiger partial charge in [-0.25, -0.2) is 4.39 Å². The molecule has 6 nitrogen and oxygen atoms in total. The molecule has 2 amide bonds. The minimum atomic E-state index is -1.24. The molecule has 0 saturated carbocycles. The number of amides is 2. The first-order valence-electron chi connectivity index (χ1n) is 9.83. The summed E-state index contributed by atoms with van der Waals surface area (Å²) >= 11 is 1.03. The number of halogens is 1. The monoisotopic (exact) mass is 440 g/mol. The standard InChI is InChI=1S/C23H25FN4O2S/c1-14-10-11-16(12-15(14)2)28(22(30)19-13-31-27-26-19)20(21(29)25-23(3,4)5)17-8-6-7-9-18(17)24/h6-13,20H,1-5H3,(H,25,29)/t20-/m1/s1. The first-order chi connectivity index (χ1) is 14.6. The fraction of sp³-hybridized carbons (Fsp3) is 0.304. The van der Waals surface area contributed by atoms with Crippen molar-refractivity contribution in [3.8, 4) is 0 Å². The Labute approximate surface area is 185 Å². The minimum Gasteiger partial charge on any atom is -0.349 e. The van der Waals surface area contributed by atoms with Crippen LogP contribution in [0.4, 0.5) is 10.1 Å². The van der Waals surface area contributed by atoms with Gasteiger partial charge in [-0.3, -0.25) is 14.5 Å². The molecule has 1 atom stereocenters. The molecular formula is C23H25FN4O2S. The van der Waals surface area contributed by atoms with Gasteiger partial charge < -0.3 is 5.32 Å². The normalized spacial score (nSPS) is 12.3. The summed E-state index contributed by atoms with van der Waals surface area (Å²) in [6.07, 6.45) is 0. The van der Waals surface area contributed by atoms with E-state index in [0.717, 1.165) is 22.7 Å². The fourth-order valence-electron chi connectivity index (χ4n) is 3.17. The molecule has 0 spiro atoms. The predicted octanol–water partition coefficient (Wildman–Crippen LogP) is 4.60. The molecule has 0 saturated heterocycles. The topological polar surface area (TPSA) is 75.2 Å². The van der Waals surface area contributed by atoms with Crippen molar-refractivity contribution in [2.24, 2.45) is 0 Å². The van der Waals surface area contributed by atoms with Crippen LogP contribution in [-0.2, 0) is 4.79 Å². The Bertz CT molecular complexity index is 1090. The molecule has 162 valence electrons. The Morgan fingerprint density at radius 2 is 1.81 bits per heavy atom. The summed E-state index contributed by atoms with van der Waals surface area (Å²) in [6.45, 7) is 9.36. The number of nitrogens with zero attached hydrogens (tertiary/aromatic N) is 3. The fourth-order valence-corrected chi connectivity index (χ4v) is 3.60. The van der Waals surface area contributed by atoms with Crippen LogP contribution in [0.1, 0.15) is 54.0 Å². The molecule has 1 N–H and O–H groups in total. The van der Waals surface area contributed by atoms with Gasteiger partial charge >= 0.3 is 0 Å². The molecule has 8 heteroatoms. The van der Waals surface area contributed by atoms with Crippen LogP contribution in [0.3, 0.4) is 0 Å². The van der Waals surface area contributed by atoms with Crippen molar-refractivity contribution < 1.29 is 14.0 Å². The highest BCUT2D eigenvalue weighted by molar-refractivity contribution is 7.03. The summed E-state index contributed by atoms with van der Waals surface area (Å²) < 4.78 is 18.7. The van der Waals surface area contributed by atoms with E-state index in [4.69, 9.17) is 0 Å². The van der Waals surface area contributed by atoms with Crippen molar-refractivity contribution in [2.45, 2.75) is 46.2 Å². The quantitative estimate of drug-likeness (QED) is 0.629. The molecule has 3 rings (SSSR count). The SMILES string of the molecule is Cc1ccc(N(C(=O)c2csnn2)[C@@H](C(=O)NC(C)(C)C)c2ccccc2F)cc1C. The van der Waals surface area contributed by atoms with Gasteiger partial charge in [0.1, 0.15) is 11.9 Å². The zero-order valence-electron chi connectivity index (χ0n) is 18.1. The first kappa shape index (κ1) is 22.6. The van der Waals surface area contributed by atoms with Gasteiger partial charge in [0.05, 0.1) is 0 Å². The predicted molar refractivity (Wildman–Crippen MR) is 120 cm³/mol. The highest BCUT2D eigenvalue weighted by Crippen LogP contribution is 2.32. The molecule has 3 aromatic rings. The number of aromatic nitrogens is 2. The summed E-state index contributed by atoms with van der Waals surface area (Å²) in [5.41, 5.74) is 2.05. The van der Waals surface area contributed by atoms with Crippen molar-refractivity contribution in [1.82, 2.24) is 14.9 Å². The number of hydrogen-bond acceptors (Lipinski definition) is 5. The van der Waals surface area contributed by atoms with Crippen LogP contribution in [-0.4, -0.2) is 26.9 Å². The van der Waals surface area contributed by atoms with E-state index in [1.807, 2.05) is 46.8 Å². The third-order valence-corrected chi connectivity index (χ3v) is 5.28. The zero-order chi connectivity index (χ0) is 22.8. The van der Waals surface area contributed by atoms with E-state index in [-0.39, 0.29) is 11.3 Å². The summed E-state index contributed by atoms with van der Waals surface area (Å²) in [4.78, 5) is 28.3. The lowest BCUT2D eigenvalue weighted by atomic mass is 9.99. The third kappa shape index (κ3) is 5.14. The summed E-state index contributed by atoms with van der Waals surface area (Å²) in [7, 11) is 0. The maximum atomic E-state index is 14.9. The molecule has 0 aliphatic rings. The highest BCUT2D eigenvalue weighted by atomic mass is 32.1. The molecule has 0 aliphatic carbocycles. The molecule has 0 fully saturated rings. The number of benzene rings is 2. The Hall–Kier alpha value is -3.13. The van der Waals surface area contributed by atoms with Crippen molar-refractivity contribution in [3.05, 3.63) is 76.0 Å². The number of carbonyl (C=O) groups is 2. The summed E-state index contributed by atoms with van der Waals surface area (Å²) in [5, 5.41) is 8.29. The van der Waals surface area contributed by atoms with Gasteiger partial charge in [0.25, 0.3) is 5.91 Å². The highest BCUT2D eigenvalue weighted by Gasteiger charge is 2.37. The molecule has 0 radical (unpaired) electrons. The van der Waals surface area contributed by atoms with Gasteiger partial charge in [-0.05, 0) is 75.5 Å². The molecular weight excluding hydrogens is 415 g/mol. The average molecular weight is 441 g/mol. The van der Waals surface area contributed by atoms with Crippen LogP contribution in [0.25, 0.3) is 0 Å². The molecule has 0 unspecified atom stereocenters. The molecule has 0 bridgehead atoms. The Kier molecular flexibility index (Phi) is 6.50. The molecule has 31 heavy (non-hydrogen) atoms. The molecule has 1 aromatic heterocycles. The second-order valence-corrected chi connectivity index (χ2v) is 9.01. The maximum absolute atomic E-state index is 14.9. The van der Waals surface area contributed by atoms with Gasteiger partial charge in [0, 0.05) is 22.2 Å². The number of rotatable bonds is 5. The van der Waals surface area contributed by atoms with Crippen molar-refractivity contribution >= 4 is 29.0 Å². The first-order valence-corrected chi connectivity index (χ1v) is 10.7. The molecule has 1 heterocycles. The lowest BCUT2D eigenvalue weighted by Gasteiger charge is -2.33. The summed E-state index contributed by atoms with van der Waals surface area (Å²) in [5.74, 6) is -1.60. The van der Waals surface area contributed by atoms with Gasteiger partial charge in [0.15, 0.2) is 5.69 Å². The molecule has 2 aromatic carbocycles. The maximum Gasteiger partial charge on any atom is 0.280 e. The van der Waals surface area contributed by atoms with Crippen molar-refractivity contribution in [2.75, 3.05) is 4.90 Å². The second kappa shape index (κ2) is 8.93. The van der Waals surface area contributed by atoms with Crippen molar-refractivity contribution in [1.29, 1.82) is 0 Å². The minimum absolute atomic E-state index is 0.0909. The van der Waals surface area contributed by atoms with E-state index in [1.165, 1.54) is 22.4 Å². The number of carbonyl (C=O) groups excluding carboxylic acids is 2. The van der Waals surface area contributed by atoms with E-state index in [0.29, 0.717) is 5.69 Å². The number of nitrogens with one attached hydrogen (secondary N) is 1. The third-order valence-electron chi connectivity index (χ3n) is 4.77. The van der Waals surface area contributed by atoms with Gasteiger partial charge in [-0.1, -0.05) is 28.8 Å². The Morgan fingerprint density at radius 3 is 2.39 bits per heavy atom. The second-order valence-electron chi connectivity index (χ2n) is 8.40. The van der Waals surface area contributed by atoms with E-state index < -0.39 is 29.2 Å². The van der Waals surface area contributed by atoms with E-state index >= 15 is 0 Å². The van der Waals surface area contributed by atoms with Crippen LogP contribution in [0.15, 0.2) is 47.8 Å². The van der Waals surface area contributed by atoms with Gasteiger partial charge in [-0.15, -0.1) is 5.10 Å². The van der Waals surface area contributed by atoms with E-state index in [1.54, 1.807) is 18.2 Å². The number of aryl methyl sites for hydroxylation is 2. The lowest BCUT2D eigenvalue weighted by molar-refractivity contribution is -0.124.